The van der Waals surface area contributed by atoms with Crippen LogP contribution in [0.3, 0.4) is 0 Å². The van der Waals surface area contributed by atoms with Crippen molar-refractivity contribution in [3.63, 3.8) is 0 Å². The Balaban J connectivity index is 1.90. The van der Waals surface area contributed by atoms with Gasteiger partial charge in [-0.3, -0.25) is 4.79 Å². The topological polar surface area (TPSA) is 55.1 Å². The molecule has 1 aliphatic heterocycles. The van der Waals surface area contributed by atoms with Crippen molar-refractivity contribution < 1.29 is 4.79 Å². The predicted molar refractivity (Wildman–Crippen MR) is 71.7 cm³/mol. The molecule has 92 valence electrons. The zero-order valence-electron chi connectivity index (χ0n) is 9.82. The Morgan fingerprint density at radius 2 is 2.18 bits per heavy atom. The van der Waals surface area contributed by atoms with E-state index in [0.717, 1.165) is 29.7 Å². The van der Waals surface area contributed by atoms with Gasteiger partial charge < -0.3 is 11.1 Å². The lowest BCUT2D eigenvalue weighted by atomic mass is 10.1. The first kappa shape index (κ1) is 12.5. The summed E-state index contributed by atoms with van der Waals surface area (Å²) in [6.07, 6.45) is 2.16. The fourth-order valence-electron chi connectivity index (χ4n) is 2.01. The van der Waals surface area contributed by atoms with E-state index in [1.165, 1.54) is 0 Å². The van der Waals surface area contributed by atoms with Gasteiger partial charge in [0.15, 0.2) is 0 Å². The molecular formula is C13H18N2OS. The van der Waals surface area contributed by atoms with Crippen molar-refractivity contribution in [2.45, 2.75) is 31.2 Å². The van der Waals surface area contributed by atoms with Crippen LogP contribution in [0, 0.1) is 0 Å². The molecule has 4 heteroatoms. The van der Waals surface area contributed by atoms with Crippen molar-refractivity contribution in [3.05, 3.63) is 35.4 Å². The summed E-state index contributed by atoms with van der Waals surface area (Å²) in [5.41, 5.74) is 7.88. The van der Waals surface area contributed by atoms with E-state index in [9.17, 15) is 4.79 Å². The highest BCUT2D eigenvalue weighted by Crippen LogP contribution is 2.26. The van der Waals surface area contributed by atoms with Gasteiger partial charge in [-0.15, -0.1) is 11.8 Å². The van der Waals surface area contributed by atoms with Crippen molar-refractivity contribution in [2.75, 3.05) is 5.75 Å². The molecule has 1 unspecified atom stereocenters. The van der Waals surface area contributed by atoms with Gasteiger partial charge in [0.05, 0.1) is 5.25 Å². The van der Waals surface area contributed by atoms with Crippen molar-refractivity contribution in [1.29, 1.82) is 0 Å². The zero-order valence-corrected chi connectivity index (χ0v) is 10.6. The standard InChI is InChI=1S/C13H18N2OS/c14-8-10-4-1-2-5-11(10)9-15-13(16)12-6-3-7-17-12/h1-2,4-5,12H,3,6-9,14H2,(H,15,16). The predicted octanol–water partition coefficient (Wildman–Crippen LogP) is 1.66. The van der Waals surface area contributed by atoms with Crippen molar-refractivity contribution >= 4 is 17.7 Å². The van der Waals surface area contributed by atoms with Gasteiger partial charge in [-0.25, -0.2) is 0 Å². The van der Waals surface area contributed by atoms with E-state index in [-0.39, 0.29) is 11.2 Å². The lowest BCUT2D eigenvalue weighted by Gasteiger charge is -2.12. The van der Waals surface area contributed by atoms with E-state index in [1.807, 2.05) is 24.3 Å². The second kappa shape index (κ2) is 6.07. The number of carbonyl (C=O) groups is 1. The third-order valence-corrected chi connectivity index (χ3v) is 4.39. The molecule has 0 saturated carbocycles. The summed E-state index contributed by atoms with van der Waals surface area (Å²) in [5.74, 6) is 1.27. The molecule has 0 spiro atoms. The first-order valence-electron chi connectivity index (χ1n) is 5.97. The molecule has 1 atom stereocenters. The Morgan fingerprint density at radius 3 is 2.82 bits per heavy atom. The third kappa shape index (κ3) is 3.23. The molecular weight excluding hydrogens is 232 g/mol. The normalized spacial score (nSPS) is 19.2. The quantitative estimate of drug-likeness (QED) is 0.854. The highest BCUT2D eigenvalue weighted by molar-refractivity contribution is 8.00. The van der Waals surface area contributed by atoms with Gasteiger partial charge >= 0.3 is 0 Å². The number of nitrogens with two attached hydrogens (primary N) is 1. The Morgan fingerprint density at radius 1 is 1.41 bits per heavy atom. The lowest BCUT2D eigenvalue weighted by molar-refractivity contribution is -0.120. The maximum Gasteiger partial charge on any atom is 0.233 e. The Bertz CT molecular complexity index is 389. The number of hydrogen-bond donors (Lipinski definition) is 2. The Hall–Kier alpha value is -1.000. The number of benzene rings is 1. The van der Waals surface area contributed by atoms with E-state index in [2.05, 4.69) is 5.32 Å². The van der Waals surface area contributed by atoms with Crippen LogP contribution in [0.25, 0.3) is 0 Å². The van der Waals surface area contributed by atoms with Crippen molar-refractivity contribution in [2.24, 2.45) is 5.73 Å². The molecule has 0 radical (unpaired) electrons. The average molecular weight is 250 g/mol. The van der Waals surface area contributed by atoms with Crippen LogP contribution in [0.2, 0.25) is 0 Å². The summed E-state index contributed by atoms with van der Waals surface area (Å²) in [5, 5.41) is 3.15. The van der Waals surface area contributed by atoms with E-state index >= 15 is 0 Å². The fraction of sp³-hybridized carbons (Fsp3) is 0.462. The summed E-state index contributed by atoms with van der Waals surface area (Å²) < 4.78 is 0. The monoisotopic (exact) mass is 250 g/mol. The van der Waals surface area contributed by atoms with Crippen LogP contribution in [-0.2, 0) is 17.9 Å². The molecule has 3 N–H and O–H groups in total. The second-order valence-corrected chi connectivity index (χ2v) is 5.50. The highest BCUT2D eigenvalue weighted by atomic mass is 32.2. The van der Waals surface area contributed by atoms with E-state index in [1.54, 1.807) is 11.8 Å². The third-order valence-electron chi connectivity index (χ3n) is 3.01. The van der Waals surface area contributed by atoms with Crippen LogP contribution in [0.5, 0.6) is 0 Å². The number of rotatable bonds is 4. The van der Waals surface area contributed by atoms with Crippen LogP contribution in [0.4, 0.5) is 0 Å². The minimum absolute atomic E-state index is 0.153. The second-order valence-electron chi connectivity index (χ2n) is 4.19. The maximum absolute atomic E-state index is 11.9. The molecule has 1 aromatic rings. The zero-order chi connectivity index (χ0) is 12.1. The summed E-state index contributed by atoms with van der Waals surface area (Å²) in [6.45, 7) is 1.10. The highest BCUT2D eigenvalue weighted by Gasteiger charge is 2.22. The fourth-order valence-corrected chi connectivity index (χ4v) is 3.20. The van der Waals surface area contributed by atoms with Gasteiger partial charge in [-0.2, -0.15) is 0 Å². The number of nitrogens with one attached hydrogen (secondary N) is 1. The largest absolute Gasteiger partial charge is 0.351 e. The van der Waals surface area contributed by atoms with E-state index in [4.69, 9.17) is 5.73 Å². The lowest BCUT2D eigenvalue weighted by Crippen LogP contribution is -2.31. The SMILES string of the molecule is NCc1ccccc1CNC(=O)C1CCCS1. The minimum atomic E-state index is 0.153. The molecule has 1 saturated heterocycles. The Kier molecular flexibility index (Phi) is 4.45. The molecule has 3 nitrogen and oxygen atoms in total. The minimum Gasteiger partial charge on any atom is -0.351 e. The summed E-state index contributed by atoms with van der Waals surface area (Å²) >= 11 is 1.76. The molecule has 0 aromatic heterocycles. The summed E-state index contributed by atoms with van der Waals surface area (Å²) in [6, 6.07) is 7.97. The van der Waals surface area contributed by atoms with Crippen molar-refractivity contribution in [1.82, 2.24) is 5.32 Å². The number of hydrogen-bond acceptors (Lipinski definition) is 3. The molecule has 1 aromatic carbocycles. The summed E-state index contributed by atoms with van der Waals surface area (Å²) in [7, 11) is 0. The smallest absolute Gasteiger partial charge is 0.233 e. The first-order chi connectivity index (χ1) is 8.31. The summed E-state index contributed by atoms with van der Waals surface area (Å²) in [4.78, 5) is 11.9. The number of amides is 1. The van der Waals surface area contributed by atoms with Gasteiger partial charge in [-0.05, 0) is 29.7 Å². The van der Waals surface area contributed by atoms with Crippen LogP contribution >= 0.6 is 11.8 Å². The van der Waals surface area contributed by atoms with Crippen LogP contribution in [0.15, 0.2) is 24.3 Å². The molecule has 1 amide bonds. The molecule has 1 heterocycles. The first-order valence-corrected chi connectivity index (χ1v) is 7.02. The maximum atomic E-state index is 11.9. The molecule has 2 rings (SSSR count). The van der Waals surface area contributed by atoms with Crippen LogP contribution in [0.1, 0.15) is 24.0 Å². The van der Waals surface area contributed by atoms with E-state index < -0.39 is 0 Å². The van der Waals surface area contributed by atoms with Crippen molar-refractivity contribution in [3.8, 4) is 0 Å². The van der Waals surface area contributed by atoms with Crippen LogP contribution < -0.4 is 11.1 Å². The molecule has 0 bridgehead atoms. The molecule has 17 heavy (non-hydrogen) atoms. The van der Waals surface area contributed by atoms with Gasteiger partial charge in [0, 0.05) is 13.1 Å². The van der Waals surface area contributed by atoms with E-state index in [0.29, 0.717) is 13.1 Å². The van der Waals surface area contributed by atoms with Gasteiger partial charge in [0.25, 0.3) is 0 Å². The molecule has 0 aliphatic carbocycles. The molecule has 1 aliphatic rings. The Labute approximate surface area is 106 Å². The van der Waals surface area contributed by atoms with Gasteiger partial charge in [0.1, 0.15) is 0 Å². The van der Waals surface area contributed by atoms with Crippen LogP contribution in [-0.4, -0.2) is 16.9 Å². The van der Waals surface area contributed by atoms with Gasteiger partial charge in [-0.1, -0.05) is 24.3 Å². The van der Waals surface area contributed by atoms with Gasteiger partial charge in [0.2, 0.25) is 5.91 Å². The number of carbonyl (C=O) groups excluding carboxylic acids is 1. The average Bonchev–Trinajstić information content (AvgIpc) is 2.90. The number of thioether (sulfide) groups is 1. The molecule has 1 fully saturated rings.